The first kappa shape index (κ1) is 20.4. The Balaban J connectivity index is 2.27. The van der Waals surface area contributed by atoms with E-state index in [1.165, 1.54) is 23.2 Å². The van der Waals surface area contributed by atoms with Crippen molar-refractivity contribution in [3.8, 4) is 0 Å². The Bertz CT molecular complexity index is 796. The number of halogens is 1. The summed E-state index contributed by atoms with van der Waals surface area (Å²) in [7, 11) is 0. The van der Waals surface area contributed by atoms with Crippen LogP contribution in [-0.4, -0.2) is 16.9 Å². The predicted octanol–water partition coefficient (Wildman–Crippen LogP) is 5.19. The van der Waals surface area contributed by atoms with Crippen LogP contribution in [0.2, 0.25) is 5.02 Å². The molecule has 0 fully saturated rings. The topological polar surface area (TPSA) is 59.5 Å². The Morgan fingerprint density at radius 1 is 1.35 bits per heavy atom. The van der Waals surface area contributed by atoms with Gasteiger partial charge >= 0.3 is 5.97 Å². The zero-order chi connectivity index (χ0) is 19.4. The number of carbonyl (C=O) groups is 2. The van der Waals surface area contributed by atoms with Crippen molar-refractivity contribution in [2.75, 3.05) is 4.90 Å². The van der Waals surface area contributed by atoms with Crippen LogP contribution in [0.1, 0.15) is 44.0 Å². The van der Waals surface area contributed by atoms with Gasteiger partial charge in [-0.1, -0.05) is 31.5 Å². The summed E-state index contributed by atoms with van der Waals surface area (Å²) < 4.78 is 5.28. The highest BCUT2D eigenvalue weighted by molar-refractivity contribution is 7.14. The molecule has 26 heavy (non-hydrogen) atoms. The Morgan fingerprint density at radius 3 is 2.62 bits per heavy atom. The predicted molar refractivity (Wildman–Crippen MR) is 105 cm³/mol. The Hall–Kier alpha value is -1.92. The Kier molecular flexibility index (Phi) is 6.78. The summed E-state index contributed by atoms with van der Waals surface area (Å²) in [5.41, 5.74) is 3.15. The number of nitrogens with zero attached hydrogens (tertiary/aromatic N) is 2. The second-order valence-electron chi connectivity index (χ2n) is 6.31. The molecule has 0 N–H and O–H groups in total. The smallest absolute Gasteiger partial charge is 0.309 e. The molecule has 1 aromatic carbocycles. The molecule has 0 bridgehead atoms. The highest BCUT2D eigenvalue weighted by Gasteiger charge is 2.23. The minimum atomic E-state index is -0.247. The minimum Gasteiger partial charge on any atom is -0.459 e. The third-order valence-corrected chi connectivity index (χ3v) is 5.21. The molecule has 1 aromatic heterocycles. The number of thiazole rings is 1. The van der Waals surface area contributed by atoms with Gasteiger partial charge in [-0.2, -0.15) is 0 Å². The fourth-order valence-electron chi connectivity index (χ4n) is 2.50. The number of benzene rings is 1. The van der Waals surface area contributed by atoms with Crippen molar-refractivity contribution in [3.05, 3.63) is 39.4 Å². The summed E-state index contributed by atoms with van der Waals surface area (Å²) in [5.74, 6) is -0.574. The minimum absolute atomic E-state index is 0.0893. The largest absolute Gasteiger partial charge is 0.459 e. The molecule has 0 unspecified atom stereocenters. The molecule has 0 radical (unpaired) electrons. The number of esters is 1. The monoisotopic (exact) mass is 394 g/mol. The third-order valence-electron chi connectivity index (χ3n) is 4.04. The molecule has 7 heteroatoms. The summed E-state index contributed by atoms with van der Waals surface area (Å²) in [6, 6.07) is 3.79. The first-order valence-corrected chi connectivity index (χ1v) is 9.68. The maximum Gasteiger partial charge on any atom is 0.309 e. The van der Waals surface area contributed by atoms with E-state index in [-0.39, 0.29) is 24.4 Å². The molecule has 0 saturated carbocycles. The average Bonchev–Trinajstić information content (AvgIpc) is 3.02. The zero-order valence-corrected chi connectivity index (χ0v) is 17.2. The van der Waals surface area contributed by atoms with Gasteiger partial charge in [0.05, 0.1) is 22.3 Å². The number of anilines is 2. The van der Waals surface area contributed by atoms with Crippen LogP contribution >= 0.6 is 22.9 Å². The van der Waals surface area contributed by atoms with Gasteiger partial charge in [0.2, 0.25) is 5.91 Å². The number of amides is 1. The number of aromatic nitrogens is 1. The highest BCUT2D eigenvalue weighted by atomic mass is 35.5. The van der Waals surface area contributed by atoms with Crippen LogP contribution in [0.3, 0.4) is 0 Å². The van der Waals surface area contributed by atoms with E-state index in [4.69, 9.17) is 16.3 Å². The maximum atomic E-state index is 12.3. The van der Waals surface area contributed by atoms with E-state index in [9.17, 15) is 9.59 Å². The number of ether oxygens (including phenoxy) is 1. The summed E-state index contributed by atoms with van der Waals surface area (Å²) in [5, 5.41) is 2.78. The lowest BCUT2D eigenvalue weighted by Gasteiger charge is -2.22. The molecular formula is C19H23ClN2O3S. The molecule has 0 aliphatic heterocycles. The number of hydrogen-bond acceptors (Lipinski definition) is 5. The van der Waals surface area contributed by atoms with Crippen LogP contribution < -0.4 is 4.90 Å². The molecule has 1 amide bonds. The van der Waals surface area contributed by atoms with Crippen LogP contribution in [0.25, 0.3) is 0 Å². The van der Waals surface area contributed by atoms with Crippen molar-refractivity contribution in [3.63, 3.8) is 0 Å². The van der Waals surface area contributed by atoms with Gasteiger partial charge in [-0.05, 0) is 37.5 Å². The van der Waals surface area contributed by atoms with E-state index >= 15 is 0 Å². The third kappa shape index (κ3) is 4.62. The van der Waals surface area contributed by atoms with Crippen molar-refractivity contribution >= 4 is 45.6 Å². The number of aryl methyl sites for hydroxylation is 2. The van der Waals surface area contributed by atoms with Gasteiger partial charge < -0.3 is 4.74 Å². The van der Waals surface area contributed by atoms with E-state index in [2.05, 4.69) is 4.98 Å². The molecule has 140 valence electrons. The molecule has 2 rings (SSSR count). The van der Waals surface area contributed by atoms with Gasteiger partial charge in [0.15, 0.2) is 5.13 Å². The van der Waals surface area contributed by atoms with E-state index in [0.29, 0.717) is 21.5 Å². The van der Waals surface area contributed by atoms with Gasteiger partial charge in [0.1, 0.15) is 6.61 Å². The van der Waals surface area contributed by atoms with Gasteiger partial charge in [0, 0.05) is 12.3 Å². The average molecular weight is 395 g/mol. The lowest BCUT2D eigenvalue weighted by atomic mass is 10.1. The normalized spacial score (nSPS) is 11.9. The summed E-state index contributed by atoms with van der Waals surface area (Å²) in [6.45, 7) is 9.19. The second-order valence-corrected chi connectivity index (χ2v) is 7.55. The van der Waals surface area contributed by atoms with E-state index < -0.39 is 0 Å². The van der Waals surface area contributed by atoms with Crippen molar-refractivity contribution in [1.82, 2.24) is 4.98 Å². The molecule has 0 aliphatic carbocycles. The van der Waals surface area contributed by atoms with Crippen molar-refractivity contribution in [1.29, 1.82) is 0 Å². The standard InChI is InChI=1S/C19H23ClN2O3S/c1-6-12(3)18(24)25-9-15-10-26-19(21-15)22(14(5)23)17-13(4)7-11(2)8-16(17)20/h7-8,10,12H,6,9H2,1-5H3/t12-/m0/s1. The molecule has 2 aromatic rings. The molecule has 0 saturated heterocycles. The first-order valence-electron chi connectivity index (χ1n) is 8.43. The van der Waals surface area contributed by atoms with Gasteiger partial charge in [0.25, 0.3) is 0 Å². The van der Waals surface area contributed by atoms with Crippen LogP contribution in [-0.2, 0) is 20.9 Å². The van der Waals surface area contributed by atoms with Crippen molar-refractivity contribution in [2.24, 2.45) is 5.92 Å². The highest BCUT2D eigenvalue weighted by Crippen LogP contribution is 2.37. The summed E-state index contributed by atoms with van der Waals surface area (Å²) >= 11 is 7.71. The van der Waals surface area contributed by atoms with Crippen LogP contribution in [0.15, 0.2) is 17.5 Å². The quantitative estimate of drug-likeness (QED) is 0.633. The van der Waals surface area contributed by atoms with Gasteiger partial charge in [-0.25, -0.2) is 4.98 Å². The van der Waals surface area contributed by atoms with E-state index in [1.54, 1.807) is 5.38 Å². The Labute approximate surface area is 162 Å². The maximum absolute atomic E-state index is 12.3. The zero-order valence-electron chi connectivity index (χ0n) is 15.6. The Morgan fingerprint density at radius 2 is 2.04 bits per heavy atom. The molecule has 0 aliphatic rings. The molecule has 5 nitrogen and oxygen atoms in total. The summed E-state index contributed by atoms with van der Waals surface area (Å²) in [4.78, 5) is 30.1. The number of hydrogen-bond donors (Lipinski definition) is 0. The lowest BCUT2D eigenvalue weighted by molar-refractivity contribution is -0.149. The van der Waals surface area contributed by atoms with Crippen LogP contribution in [0, 0.1) is 19.8 Å². The van der Waals surface area contributed by atoms with Gasteiger partial charge in [-0.15, -0.1) is 11.3 Å². The fourth-order valence-corrected chi connectivity index (χ4v) is 3.76. The fraction of sp³-hybridized carbons (Fsp3) is 0.421. The molecule has 0 spiro atoms. The van der Waals surface area contributed by atoms with Crippen LogP contribution in [0.4, 0.5) is 10.8 Å². The summed E-state index contributed by atoms with van der Waals surface area (Å²) in [6.07, 6.45) is 0.727. The first-order chi connectivity index (χ1) is 12.2. The second kappa shape index (κ2) is 8.64. The molecule has 1 heterocycles. The van der Waals surface area contributed by atoms with E-state index in [0.717, 1.165) is 17.5 Å². The molecule has 1 atom stereocenters. The lowest BCUT2D eigenvalue weighted by Crippen LogP contribution is -2.24. The molecular weight excluding hydrogens is 372 g/mol. The van der Waals surface area contributed by atoms with Gasteiger partial charge in [-0.3, -0.25) is 14.5 Å². The van der Waals surface area contributed by atoms with Crippen molar-refractivity contribution < 1.29 is 14.3 Å². The number of rotatable bonds is 6. The SMILES string of the molecule is CC[C@H](C)C(=O)OCc1csc(N(C(C)=O)c2c(C)cc(C)cc2Cl)n1. The van der Waals surface area contributed by atoms with Crippen LogP contribution in [0.5, 0.6) is 0 Å². The number of carbonyl (C=O) groups excluding carboxylic acids is 2. The van der Waals surface area contributed by atoms with Crippen molar-refractivity contribution in [2.45, 2.75) is 47.6 Å². The van der Waals surface area contributed by atoms with E-state index in [1.807, 2.05) is 39.8 Å².